The lowest BCUT2D eigenvalue weighted by molar-refractivity contribution is -0.927. The Kier molecular flexibility index (Phi) is 9.46. The van der Waals surface area contributed by atoms with Crippen LogP contribution in [-0.4, -0.2) is 45.3 Å². The van der Waals surface area contributed by atoms with Crippen LogP contribution in [0.1, 0.15) is 51.0 Å². The Morgan fingerprint density at radius 3 is 2.12 bits per heavy atom. The van der Waals surface area contributed by atoms with Gasteiger partial charge in [0, 0.05) is 12.1 Å². The van der Waals surface area contributed by atoms with Crippen LogP contribution < -0.4 is 21.7 Å². The summed E-state index contributed by atoms with van der Waals surface area (Å²) in [7, 11) is -3.20. The first-order valence-corrected chi connectivity index (χ1v) is 11.2. The highest BCUT2D eigenvalue weighted by Gasteiger charge is 2.27. The molecule has 0 radical (unpaired) electrons. The molecule has 1 aromatic carbocycles. The van der Waals surface area contributed by atoms with Crippen molar-refractivity contribution in [3.63, 3.8) is 0 Å². The van der Waals surface area contributed by atoms with Crippen LogP contribution in [0.2, 0.25) is 0 Å². The number of benzene rings is 1. The number of sulfonamides is 1. The number of rotatable bonds is 8. The summed E-state index contributed by atoms with van der Waals surface area (Å²) in [5.74, 6) is 0. The molecule has 1 heterocycles. The third-order valence-corrected chi connectivity index (χ3v) is 5.74. The van der Waals surface area contributed by atoms with E-state index in [0.29, 0.717) is 5.69 Å². The van der Waals surface area contributed by atoms with Crippen molar-refractivity contribution in [2.75, 3.05) is 37.2 Å². The van der Waals surface area contributed by atoms with Crippen molar-refractivity contribution in [1.29, 1.82) is 0 Å². The molecule has 2 rings (SSSR count). The van der Waals surface area contributed by atoms with Gasteiger partial charge in [0.05, 0.1) is 32.4 Å². The standard InChI is InChI=1S/C19H33N2O2S.BrH/c1-3-4-14-21(15-7-5-6-8-16-21)17-13-18-9-11-19(12-10-18)20-24(2,22)23;/h9-12,20H,3-8,13-17H2,1-2H3;1H/q+1;/p-1. The minimum Gasteiger partial charge on any atom is -1.00 e. The topological polar surface area (TPSA) is 46.2 Å². The van der Waals surface area contributed by atoms with Crippen molar-refractivity contribution >= 4 is 15.7 Å². The van der Waals surface area contributed by atoms with E-state index in [-0.39, 0.29) is 17.0 Å². The maximum absolute atomic E-state index is 11.3. The highest BCUT2D eigenvalue weighted by atomic mass is 79.9. The molecule has 0 bridgehead atoms. The Morgan fingerprint density at radius 1 is 1.00 bits per heavy atom. The molecule has 0 atom stereocenters. The number of likely N-dealkylation sites (tertiary alicyclic amines) is 1. The summed E-state index contributed by atoms with van der Waals surface area (Å²) in [4.78, 5) is 0. The molecule has 0 aromatic heterocycles. The number of nitrogens with zero attached hydrogens (tertiary/aromatic N) is 1. The Morgan fingerprint density at radius 2 is 1.60 bits per heavy atom. The molecule has 25 heavy (non-hydrogen) atoms. The van der Waals surface area contributed by atoms with E-state index >= 15 is 0 Å². The molecular formula is C19H33BrN2O2S. The molecule has 0 unspecified atom stereocenters. The van der Waals surface area contributed by atoms with Gasteiger partial charge in [-0.1, -0.05) is 25.5 Å². The molecule has 4 nitrogen and oxygen atoms in total. The molecule has 1 N–H and O–H groups in total. The zero-order valence-electron chi connectivity index (χ0n) is 15.6. The SMILES string of the molecule is CCCC[N+]1(CCc2ccc(NS(C)(=O)=O)cc2)CCCCCC1.[Br-]. The zero-order chi connectivity index (χ0) is 17.5. The quantitative estimate of drug-likeness (QED) is 0.617. The van der Waals surface area contributed by atoms with Gasteiger partial charge in [0.1, 0.15) is 0 Å². The fraction of sp³-hybridized carbons (Fsp3) is 0.684. The lowest BCUT2D eigenvalue weighted by atomic mass is 10.1. The predicted octanol–water partition coefficient (Wildman–Crippen LogP) is 0.796. The monoisotopic (exact) mass is 432 g/mol. The van der Waals surface area contributed by atoms with Crippen LogP contribution in [0.3, 0.4) is 0 Å². The van der Waals surface area contributed by atoms with Crippen molar-refractivity contribution in [3.8, 4) is 0 Å². The molecule has 1 aromatic rings. The van der Waals surface area contributed by atoms with Gasteiger partial charge in [0.25, 0.3) is 0 Å². The summed E-state index contributed by atoms with van der Waals surface area (Å²) in [6.45, 7) is 7.45. The van der Waals surface area contributed by atoms with Gasteiger partial charge in [0.2, 0.25) is 10.0 Å². The van der Waals surface area contributed by atoms with Crippen LogP contribution in [0.4, 0.5) is 5.69 Å². The van der Waals surface area contributed by atoms with Crippen LogP contribution >= 0.6 is 0 Å². The number of quaternary nitrogens is 1. The van der Waals surface area contributed by atoms with Gasteiger partial charge < -0.3 is 21.5 Å². The first-order chi connectivity index (χ1) is 11.4. The summed E-state index contributed by atoms with van der Waals surface area (Å²) >= 11 is 0. The molecule has 6 heteroatoms. The van der Waals surface area contributed by atoms with E-state index in [9.17, 15) is 8.42 Å². The number of nitrogens with one attached hydrogen (secondary N) is 1. The Hall–Kier alpha value is -0.590. The molecule has 0 spiro atoms. The predicted molar refractivity (Wildman–Crippen MR) is 102 cm³/mol. The summed E-state index contributed by atoms with van der Waals surface area (Å²) in [6, 6.07) is 7.85. The third kappa shape index (κ3) is 8.09. The van der Waals surface area contributed by atoms with Crippen LogP contribution in [0.15, 0.2) is 24.3 Å². The lowest BCUT2D eigenvalue weighted by Crippen LogP contribution is -3.00. The van der Waals surface area contributed by atoms with Crippen molar-refractivity contribution in [2.45, 2.75) is 51.9 Å². The van der Waals surface area contributed by atoms with Crippen molar-refractivity contribution in [3.05, 3.63) is 29.8 Å². The maximum Gasteiger partial charge on any atom is 0.229 e. The van der Waals surface area contributed by atoms with Gasteiger partial charge in [-0.3, -0.25) is 4.72 Å². The van der Waals surface area contributed by atoms with Gasteiger partial charge in [-0.2, -0.15) is 0 Å². The average molecular weight is 433 g/mol. The molecular weight excluding hydrogens is 400 g/mol. The second-order valence-corrected chi connectivity index (χ2v) is 9.07. The zero-order valence-corrected chi connectivity index (χ0v) is 18.0. The minimum absolute atomic E-state index is 0. The highest BCUT2D eigenvalue weighted by Crippen LogP contribution is 2.21. The summed E-state index contributed by atoms with van der Waals surface area (Å²) in [5.41, 5.74) is 1.94. The van der Waals surface area contributed by atoms with Crippen molar-refractivity contribution in [1.82, 2.24) is 0 Å². The molecule has 0 saturated carbocycles. The molecule has 1 aliphatic heterocycles. The fourth-order valence-corrected chi connectivity index (χ4v) is 4.30. The Balaban J connectivity index is 0.00000312. The van der Waals surface area contributed by atoms with Gasteiger partial charge in [0.15, 0.2) is 0 Å². The van der Waals surface area contributed by atoms with Crippen molar-refractivity contribution in [2.24, 2.45) is 0 Å². The molecule has 1 fully saturated rings. The van der Waals surface area contributed by atoms with Gasteiger partial charge >= 0.3 is 0 Å². The molecule has 0 aliphatic carbocycles. The minimum atomic E-state index is -3.20. The van der Waals surface area contributed by atoms with E-state index in [1.54, 1.807) is 0 Å². The van der Waals surface area contributed by atoms with E-state index in [4.69, 9.17) is 0 Å². The van der Waals surface area contributed by atoms with E-state index in [0.717, 1.165) is 6.42 Å². The van der Waals surface area contributed by atoms with E-state index in [1.165, 1.54) is 81.0 Å². The third-order valence-electron chi connectivity index (χ3n) is 5.13. The van der Waals surface area contributed by atoms with Crippen molar-refractivity contribution < 1.29 is 29.9 Å². The Bertz CT molecular complexity index is 594. The number of anilines is 1. The second-order valence-electron chi connectivity index (χ2n) is 7.32. The van der Waals surface area contributed by atoms with Crippen LogP contribution in [-0.2, 0) is 16.4 Å². The number of hydrogen-bond donors (Lipinski definition) is 1. The Labute approximate surface area is 164 Å². The van der Waals surface area contributed by atoms with E-state index in [2.05, 4.69) is 23.8 Å². The second kappa shape index (κ2) is 10.5. The summed E-state index contributed by atoms with van der Waals surface area (Å²) in [6.07, 6.45) is 10.3. The summed E-state index contributed by atoms with van der Waals surface area (Å²) in [5, 5.41) is 0. The number of hydrogen-bond acceptors (Lipinski definition) is 2. The van der Waals surface area contributed by atoms with Gasteiger partial charge in [-0.15, -0.1) is 0 Å². The first kappa shape index (κ1) is 22.5. The summed E-state index contributed by atoms with van der Waals surface area (Å²) < 4.78 is 26.4. The van der Waals surface area contributed by atoms with Crippen LogP contribution in [0, 0.1) is 0 Å². The molecule has 1 aliphatic rings. The molecule has 144 valence electrons. The maximum atomic E-state index is 11.3. The van der Waals surface area contributed by atoms with Crippen LogP contribution in [0.25, 0.3) is 0 Å². The molecule has 1 saturated heterocycles. The normalized spacial score (nSPS) is 17.4. The highest BCUT2D eigenvalue weighted by molar-refractivity contribution is 7.92. The van der Waals surface area contributed by atoms with Gasteiger partial charge in [-0.05, 0) is 49.8 Å². The fourth-order valence-electron chi connectivity index (χ4n) is 3.73. The van der Waals surface area contributed by atoms with Crippen LogP contribution in [0.5, 0.6) is 0 Å². The first-order valence-electron chi connectivity index (χ1n) is 9.34. The lowest BCUT2D eigenvalue weighted by Gasteiger charge is -2.38. The number of unbranched alkanes of at least 4 members (excludes halogenated alkanes) is 1. The van der Waals surface area contributed by atoms with Gasteiger partial charge in [-0.25, -0.2) is 8.42 Å². The number of halogens is 1. The smallest absolute Gasteiger partial charge is 0.229 e. The largest absolute Gasteiger partial charge is 1.00 e. The van der Waals surface area contributed by atoms with E-state index in [1.807, 2.05) is 12.1 Å². The van der Waals surface area contributed by atoms with E-state index < -0.39 is 10.0 Å². The average Bonchev–Trinajstić information content (AvgIpc) is 2.77. The molecule has 0 amide bonds.